The van der Waals surface area contributed by atoms with E-state index in [0.717, 1.165) is 4.57 Å². The molecule has 0 saturated carbocycles. The first kappa shape index (κ1) is 20.4. The number of nitrogens with zero attached hydrogens (tertiary/aromatic N) is 5. The fraction of sp³-hybridized carbons (Fsp3) is 0.647. The van der Waals surface area contributed by atoms with Gasteiger partial charge in [0.25, 0.3) is 5.56 Å². The zero-order chi connectivity index (χ0) is 21.5. The minimum Gasteiger partial charge on any atom is -0.453 e. The second-order valence-electron chi connectivity index (χ2n) is 7.48. The van der Waals surface area contributed by atoms with E-state index in [2.05, 4.69) is 15.4 Å². The van der Waals surface area contributed by atoms with Crippen LogP contribution in [-0.4, -0.2) is 68.6 Å². The van der Waals surface area contributed by atoms with Gasteiger partial charge in [0.2, 0.25) is 5.82 Å². The number of ether oxygens (including phenoxy) is 1. The maximum atomic E-state index is 13.0. The molecular weight excluding hydrogens is 409 g/mol. The third-order valence-electron chi connectivity index (χ3n) is 5.62. The minimum atomic E-state index is -4.55. The number of piperidine rings is 1. The van der Waals surface area contributed by atoms with Gasteiger partial charge in [-0.3, -0.25) is 9.69 Å². The van der Waals surface area contributed by atoms with Crippen LogP contribution in [0.15, 0.2) is 15.4 Å². The van der Waals surface area contributed by atoms with Crippen molar-refractivity contribution < 1.29 is 27.2 Å². The highest BCUT2D eigenvalue weighted by atomic mass is 19.4. The maximum Gasteiger partial charge on any atom is 0.451 e. The molecule has 10 nitrogen and oxygen atoms in total. The lowest BCUT2D eigenvalue weighted by Crippen LogP contribution is -2.52. The number of methoxy groups -OCH3 is 1. The molecule has 1 fully saturated rings. The van der Waals surface area contributed by atoms with Crippen molar-refractivity contribution in [3.8, 4) is 0 Å². The summed E-state index contributed by atoms with van der Waals surface area (Å²) in [6, 6.07) is 1.14. The molecule has 0 bridgehead atoms. The number of aromatic amines is 1. The summed E-state index contributed by atoms with van der Waals surface area (Å²) in [4.78, 5) is 27.2. The molecule has 164 valence electrons. The predicted octanol–water partition coefficient (Wildman–Crippen LogP) is 1.41. The van der Waals surface area contributed by atoms with Crippen LogP contribution >= 0.6 is 0 Å². The fourth-order valence-corrected chi connectivity index (χ4v) is 4.21. The predicted molar refractivity (Wildman–Crippen MR) is 94.5 cm³/mol. The Morgan fingerprint density at radius 2 is 2.13 bits per heavy atom. The molecule has 0 radical (unpaired) electrons. The van der Waals surface area contributed by atoms with Crippen LogP contribution < -0.4 is 5.56 Å². The van der Waals surface area contributed by atoms with Crippen molar-refractivity contribution in [3.63, 3.8) is 0 Å². The van der Waals surface area contributed by atoms with E-state index in [-0.39, 0.29) is 36.4 Å². The van der Waals surface area contributed by atoms with E-state index in [1.54, 1.807) is 4.90 Å². The van der Waals surface area contributed by atoms with Gasteiger partial charge in [-0.05, 0) is 12.8 Å². The van der Waals surface area contributed by atoms with Crippen molar-refractivity contribution in [1.29, 1.82) is 0 Å². The summed E-state index contributed by atoms with van der Waals surface area (Å²) in [5.74, 6) is -0.279. The van der Waals surface area contributed by atoms with E-state index in [0.29, 0.717) is 38.2 Å². The number of rotatable bonds is 3. The number of hydrogen-bond donors (Lipinski definition) is 1. The van der Waals surface area contributed by atoms with Gasteiger partial charge in [-0.25, -0.2) is 4.79 Å². The van der Waals surface area contributed by atoms with Gasteiger partial charge in [0.1, 0.15) is 11.6 Å². The third kappa shape index (κ3) is 3.93. The van der Waals surface area contributed by atoms with Crippen molar-refractivity contribution in [3.05, 3.63) is 33.8 Å². The lowest BCUT2D eigenvalue weighted by Gasteiger charge is -2.41. The Bertz CT molecular complexity index is 967. The molecule has 2 aliphatic rings. The van der Waals surface area contributed by atoms with Crippen LogP contribution in [0.5, 0.6) is 0 Å². The summed E-state index contributed by atoms with van der Waals surface area (Å²) < 4.78 is 50.3. The van der Waals surface area contributed by atoms with E-state index in [1.165, 1.54) is 13.2 Å². The molecule has 2 atom stereocenters. The van der Waals surface area contributed by atoms with Crippen molar-refractivity contribution in [2.75, 3.05) is 26.7 Å². The zero-order valence-electron chi connectivity index (χ0n) is 16.2. The summed E-state index contributed by atoms with van der Waals surface area (Å²) in [6.07, 6.45) is -3.87. The number of carbonyl (C=O) groups excluding carboxylic acids is 1. The van der Waals surface area contributed by atoms with E-state index in [4.69, 9.17) is 9.26 Å². The highest BCUT2D eigenvalue weighted by Gasteiger charge is 2.40. The number of halogens is 3. The Balaban J connectivity index is 1.49. The van der Waals surface area contributed by atoms with Gasteiger partial charge < -0.3 is 18.7 Å². The monoisotopic (exact) mass is 430 g/mol. The molecule has 0 aliphatic carbocycles. The second kappa shape index (κ2) is 7.78. The summed E-state index contributed by atoms with van der Waals surface area (Å²) in [5, 5.41) is 9.26. The molecule has 0 unspecified atom stereocenters. The second-order valence-corrected chi connectivity index (χ2v) is 7.48. The molecular formula is C17H21F3N6O4. The molecule has 2 aliphatic heterocycles. The highest BCUT2D eigenvalue weighted by Crippen LogP contribution is 2.33. The first-order valence-electron chi connectivity index (χ1n) is 9.51. The number of alkyl halides is 3. The van der Waals surface area contributed by atoms with Crippen molar-refractivity contribution in [1.82, 2.24) is 29.7 Å². The number of likely N-dealkylation sites (tertiary alicyclic amines) is 1. The topological polar surface area (TPSA) is 109 Å². The molecule has 1 amide bonds. The van der Waals surface area contributed by atoms with Crippen LogP contribution in [0.4, 0.5) is 18.0 Å². The van der Waals surface area contributed by atoms with Gasteiger partial charge in [-0.1, -0.05) is 0 Å². The Labute approximate surface area is 168 Å². The van der Waals surface area contributed by atoms with Crippen LogP contribution in [0.1, 0.15) is 36.2 Å². The van der Waals surface area contributed by atoms with Crippen molar-refractivity contribution >= 4 is 6.09 Å². The number of fused-ring (bicyclic) bond motifs is 1. The molecule has 1 N–H and O–H groups in total. The maximum absolute atomic E-state index is 13.0. The molecule has 2 aromatic rings. The Morgan fingerprint density at radius 3 is 2.80 bits per heavy atom. The molecule has 30 heavy (non-hydrogen) atoms. The number of amides is 1. The Kier molecular flexibility index (Phi) is 5.30. The van der Waals surface area contributed by atoms with Gasteiger partial charge in [-0.2, -0.15) is 18.3 Å². The van der Waals surface area contributed by atoms with Crippen LogP contribution in [0.3, 0.4) is 0 Å². The molecule has 13 heteroatoms. The molecule has 4 heterocycles. The van der Waals surface area contributed by atoms with Gasteiger partial charge in [0.05, 0.1) is 13.7 Å². The number of nitrogens with one attached hydrogen (secondary N) is 1. The smallest absolute Gasteiger partial charge is 0.451 e. The van der Waals surface area contributed by atoms with Gasteiger partial charge >= 0.3 is 12.3 Å². The van der Waals surface area contributed by atoms with E-state index < -0.39 is 18.1 Å². The Hall–Kier alpha value is -2.83. The van der Waals surface area contributed by atoms with Crippen LogP contribution in [-0.2, 0) is 24.0 Å². The fourth-order valence-electron chi connectivity index (χ4n) is 4.21. The van der Waals surface area contributed by atoms with Gasteiger partial charge in [-0.15, -0.1) is 10.2 Å². The third-order valence-corrected chi connectivity index (χ3v) is 5.62. The zero-order valence-corrected chi connectivity index (χ0v) is 16.2. The quantitative estimate of drug-likeness (QED) is 0.784. The van der Waals surface area contributed by atoms with E-state index in [9.17, 15) is 22.8 Å². The summed E-state index contributed by atoms with van der Waals surface area (Å²) in [7, 11) is 1.30. The van der Waals surface area contributed by atoms with E-state index in [1.807, 2.05) is 4.90 Å². The Morgan fingerprint density at radius 1 is 1.33 bits per heavy atom. The minimum absolute atomic E-state index is 0.0554. The van der Waals surface area contributed by atoms with Crippen LogP contribution in [0.25, 0.3) is 0 Å². The van der Waals surface area contributed by atoms with E-state index >= 15 is 0 Å². The molecule has 1 saturated heterocycles. The normalized spacial score (nSPS) is 22.7. The lowest BCUT2D eigenvalue weighted by atomic mass is 9.88. The van der Waals surface area contributed by atoms with Crippen molar-refractivity contribution in [2.24, 2.45) is 0 Å². The van der Waals surface area contributed by atoms with Crippen LogP contribution in [0.2, 0.25) is 0 Å². The number of aromatic nitrogens is 4. The molecule has 4 rings (SSSR count). The van der Waals surface area contributed by atoms with Crippen molar-refractivity contribution in [2.45, 2.75) is 44.1 Å². The van der Waals surface area contributed by atoms with Gasteiger partial charge in [0, 0.05) is 44.2 Å². The standard InChI is InChI=1S/C17H21F3N6O4/c1-29-16(28)25-3-2-10(12-7-14(27)23-30-12)6-11(25)8-24-4-5-26-13(9-24)21-22-15(26)17(18,19)20/h7,10-11H,2-6,8-9H2,1H3,(H,23,27)/t10-,11+/m1/s1. The number of hydrogen-bond acceptors (Lipinski definition) is 7. The first-order chi connectivity index (χ1) is 14.3. The first-order valence-corrected chi connectivity index (χ1v) is 9.51. The number of carbonyl (C=O) groups is 1. The largest absolute Gasteiger partial charge is 0.453 e. The summed E-state index contributed by atoms with van der Waals surface area (Å²) in [6.45, 7) is 1.51. The summed E-state index contributed by atoms with van der Waals surface area (Å²) >= 11 is 0. The average molecular weight is 430 g/mol. The van der Waals surface area contributed by atoms with Gasteiger partial charge in [0.15, 0.2) is 0 Å². The van der Waals surface area contributed by atoms with Crippen LogP contribution in [0, 0.1) is 0 Å². The SMILES string of the molecule is COC(=O)N1CC[C@@H](c2cc(=O)[nH]o2)C[C@H]1CN1CCn2c(nnc2C(F)(F)F)C1. The lowest BCUT2D eigenvalue weighted by molar-refractivity contribution is -0.148. The highest BCUT2D eigenvalue weighted by molar-refractivity contribution is 5.68. The molecule has 2 aromatic heterocycles. The number of H-pyrrole nitrogens is 1. The summed E-state index contributed by atoms with van der Waals surface area (Å²) in [5.41, 5.74) is -0.326. The average Bonchev–Trinajstić information content (AvgIpc) is 3.33. The molecule has 0 spiro atoms. The molecule has 0 aromatic carbocycles.